The van der Waals surface area contributed by atoms with Gasteiger partial charge in [0.15, 0.2) is 0 Å². The van der Waals surface area contributed by atoms with Crippen LogP contribution in [0.15, 0.2) is 42.5 Å². The van der Waals surface area contributed by atoms with Gasteiger partial charge in [-0.3, -0.25) is 0 Å². The second kappa shape index (κ2) is 6.09. The summed E-state index contributed by atoms with van der Waals surface area (Å²) in [6.45, 7) is 2.96. The van der Waals surface area contributed by atoms with Crippen molar-refractivity contribution in [2.45, 2.75) is 13.5 Å². The first-order valence-corrected chi connectivity index (χ1v) is 6.90. The molecule has 1 N–H and O–H groups in total. The maximum absolute atomic E-state index is 5.15. The van der Waals surface area contributed by atoms with E-state index in [9.17, 15) is 0 Å². The molecule has 0 amide bonds. The fourth-order valence-corrected chi connectivity index (χ4v) is 2.24. The van der Waals surface area contributed by atoms with Gasteiger partial charge in [-0.25, -0.2) is 0 Å². The number of hydrogen-bond donors (Lipinski definition) is 1. The minimum Gasteiger partial charge on any atom is -0.497 e. The van der Waals surface area contributed by atoms with E-state index in [2.05, 4.69) is 65.2 Å². The van der Waals surface area contributed by atoms with Crippen LogP contribution in [0.4, 0.5) is 5.69 Å². The number of ether oxygens (including phenoxy) is 1. The molecule has 0 saturated heterocycles. The van der Waals surface area contributed by atoms with Crippen molar-refractivity contribution < 1.29 is 4.74 Å². The summed E-state index contributed by atoms with van der Waals surface area (Å²) in [6, 6.07) is 14.4. The van der Waals surface area contributed by atoms with Gasteiger partial charge in [-0.15, -0.1) is 0 Å². The van der Waals surface area contributed by atoms with E-state index in [-0.39, 0.29) is 0 Å². The minimum atomic E-state index is 0.824. The number of hydrogen-bond acceptors (Lipinski definition) is 2. The third-order valence-electron chi connectivity index (χ3n) is 2.91. The van der Waals surface area contributed by atoms with Crippen molar-refractivity contribution in [2.24, 2.45) is 0 Å². The Balaban J connectivity index is 2.04. The number of rotatable bonds is 4. The molecule has 0 aliphatic heterocycles. The smallest absolute Gasteiger partial charge is 0.118 e. The van der Waals surface area contributed by atoms with Crippen LogP contribution in [0.5, 0.6) is 5.75 Å². The fraction of sp³-hybridized carbons (Fsp3) is 0.200. The van der Waals surface area contributed by atoms with Gasteiger partial charge in [-0.1, -0.05) is 18.2 Å². The van der Waals surface area contributed by atoms with Gasteiger partial charge in [0, 0.05) is 15.8 Å². The summed E-state index contributed by atoms with van der Waals surface area (Å²) in [4.78, 5) is 0. The van der Waals surface area contributed by atoms with Crippen LogP contribution in [-0.2, 0) is 6.54 Å². The van der Waals surface area contributed by atoms with Gasteiger partial charge in [0.05, 0.1) is 7.11 Å². The Morgan fingerprint density at radius 2 is 1.83 bits per heavy atom. The van der Waals surface area contributed by atoms with E-state index in [1.54, 1.807) is 7.11 Å². The molecule has 0 spiro atoms. The summed E-state index contributed by atoms with van der Waals surface area (Å²) in [5.74, 6) is 0.893. The predicted molar refractivity (Wildman–Crippen MR) is 84.2 cm³/mol. The van der Waals surface area contributed by atoms with E-state index in [1.165, 1.54) is 20.4 Å². The molecular weight excluding hydrogens is 337 g/mol. The van der Waals surface area contributed by atoms with Crippen LogP contribution in [-0.4, -0.2) is 7.11 Å². The average molecular weight is 353 g/mol. The minimum absolute atomic E-state index is 0.824. The predicted octanol–water partition coefficient (Wildman–Crippen LogP) is 4.22. The van der Waals surface area contributed by atoms with E-state index in [0.29, 0.717) is 0 Å². The first-order valence-electron chi connectivity index (χ1n) is 5.82. The van der Waals surface area contributed by atoms with Gasteiger partial charge in [0.1, 0.15) is 5.75 Å². The van der Waals surface area contributed by atoms with Crippen molar-refractivity contribution in [1.29, 1.82) is 0 Å². The normalized spacial score (nSPS) is 10.2. The highest BCUT2D eigenvalue weighted by atomic mass is 127. The molecule has 2 aromatic rings. The number of benzene rings is 2. The molecule has 0 aliphatic carbocycles. The summed E-state index contributed by atoms with van der Waals surface area (Å²) < 4.78 is 6.43. The van der Waals surface area contributed by atoms with Gasteiger partial charge in [-0.2, -0.15) is 0 Å². The zero-order chi connectivity index (χ0) is 13.0. The molecule has 3 heteroatoms. The van der Waals surface area contributed by atoms with E-state index in [1.807, 2.05) is 12.1 Å². The zero-order valence-corrected chi connectivity index (χ0v) is 12.7. The Hall–Kier alpha value is -1.23. The molecule has 0 aromatic heterocycles. The van der Waals surface area contributed by atoms with Gasteiger partial charge in [-0.05, 0) is 64.9 Å². The molecule has 2 aromatic carbocycles. The summed E-state index contributed by atoms with van der Waals surface area (Å²) >= 11 is 2.36. The van der Waals surface area contributed by atoms with Crippen molar-refractivity contribution in [3.8, 4) is 5.75 Å². The van der Waals surface area contributed by atoms with Crippen LogP contribution in [0.3, 0.4) is 0 Å². The Labute approximate surface area is 122 Å². The Morgan fingerprint density at radius 1 is 1.11 bits per heavy atom. The molecule has 2 rings (SSSR count). The first-order chi connectivity index (χ1) is 8.70. The molecule has 94 valence electrons. The maximum atomic E-state index is 5.15. The highest BCUT2D eigenvalue weighted by Gasteiger charge is 2.01. The van der Waals surface area contributed by atoms with Gasteiger partial charge in [0.2, 0.25) is 0 Å². The van der Waals surface area contributed by atoms with Crippen LogP contribution < -0.4 is 10.1 Å². The van der Waals surface area contributed by atoms with Crippen molar-refractivity contribution in [1.82, 2.24) is 0 Å². The molecule has 18 heavy (non-hydrogen) atoms. The van der Waals surface area contributed by atoms with E-state index >= 15 is 0 Å². The van der Waals surface area contributed by atoms with Gasteiger partial charge < -0.3 is 10.1 Å². The Bertz CT molecular complexity index is 523. The maximum Gasteiger partial charge on any atom is 0.118 e. The topological polar surface area (TPSA) is 21.3 Å². The third kappa shape index (κ3) is 3.16. The molecular formula is C15H16INO. The third-order valence-corrected chi connectivity index (χ3v) is 4.08. The fourth-order valence-electron chi connectivity index (χ4n) is 1.74. The summed E-state index contributed by atoms with van der Waals surface area (Å²) in [5, 5.41) is 3.46. The molecule has 0 aliphatic rings. The lowest BCUT2D eigenvalue weighted by molar-refractivity contribution is 0.414. The molecule has 0 saturated carbocycles. The van der Waals surface area contributed by atoms with Gasteiger partial charge in [0.25, 0.3) is 0 Å². The highest BCUT2D eigenvalue weighted by molar-refractivity contribution is 14.1. The Morgan fingerprint density at radius 3 is 2.50 bits per heavy atom. The van der Waals surface area contributed by atoms with Crippen molar-refractivity contribution in [3.63, 3.8) is 0 Å². The zero-order valence-electron chi connectivity index (χ0n) is 10.5. The van der Waals surface area contributed by atoms with E-state index in [4.69, 9.17) is 4.74 Å². The van der Waals surface area contributed by atoms with Crippen LogP contribution in [0.2, 0.25) is 0 Å². The van der Waals surface area contributed by atoms with Crippen LogP contribution in [0, 0.1) is 10.5 Å². The first kappa shape index (κ1) is 13.2. The van der Waals surface area contributed by atoms with Crippen molar-refractivity contribution in [2.75, 3.05) is 12.4 Å². The van der Waals surface area contributed by atoms with Crippen molar-refractivity contribution >= 4 is 28.3 Å². The van der Waals surface area contributed by atoms with E-state index in [0.717, 1.165) is 12.3 Å². The van der Waals surface area contributed by atoms with Crippen LogP contribution in [0.1, 0.15) is 11.1 Å². The largest absolute Gasteiger partial charge is 0.497 e. The average Bonchev–Trinajstić information content (AvgIpc) is 2.41. The number of nitrogens with one attached hydrogen (secondary N) is 1. The SMILES string of the molecule is COc1ccc(CNc2cccc(I)c2C)cc1. The summed E-state index contributed by atoms with van der Waals surface area (Å²) in [5.41, 5.74) is 3.73. The monoisotopic (exact) mass is 353 g/mol. The second-order valence-corrected chi connectivity index (χ2v) is 5.28. The lowest BCUT2D eigenvalue weighted by Gasteiger charge is -2.11. The molecule has 0 heterocycles. The number of anilines is 1. The van der Waals surface area contributed by atoms with Gasteiger partial charge >= 0.3 is 0 Å². The number of methoxy groups -OCH3 is 1. The molecule has 0 fully saturated rings. The second-order valence-electron chi connectivity index (χ2n) is 4.11. The van der Waals surface area contributed by atoms with Crippen LogP contribution in [0.25, 0.3) is 0 Å². The number of halogens is 1. The van der Waals surface area contributed by atoms with Crippen LogP contribution >= 0.6 is 22.6 Å². The molecule has 0 bridgehead atoms. The molecule has 0 unspecified atom stereocenters. The Kier molecular flexibility index (Phi) is 4.47. The van der Waals surface area contributed by atoms with E-state index < -0.39 is 0 Å². The lowest BCUT2D eigenvalue weighted by Crippen LogP contribution is -2.01. The molecule has 0 atom stereocenters. The highest BCUT2D eigenvalue weighted by Crippen LogP contribution is 2.21. The van der Waals surface area contributed by atoms with Crippen molar-refractivity contribution in [3.05, 3.63) is 57.2 Å². The quantitative estimate of drug-likeness (QED) is 0.831. The standard InChI is InChI=1S/C15H16INO/c1-11-14(16)4-3-5-15(11)17-10-12-6-8-13(18-2)9-7-12/h3-9,17H,10H2,1-2H3. The lowest BCUT2D eigenvalue weighted by atomic mass is 10.1. The molecule has 0 radical (unpaired) electrons. The summed E-state index contributed by atoms with van der Waals surface area (Å²) in [6.07, 6.45) is 0. The molecule has 2 nitrogen and oxygen atoms in total. The summed E-state index contributed by atoms with van der Waals surface area (Å²) in [7, 11) is 1.68.